The van der Waals surface area contributed by atoms with Gasteiger partial charge in [-0.3, -0.25) is 14.6 Å². The van der Waals surface area contributed by atoms with Crippen molar-refractivity contribution in [2.24, 2.45) is 5.92 Å². The van der Waals surface area contributed by atoms with E-state index in [1.807, 2.05) is 36.4 Å². The van der Waals surface area contributed by atoms with Crippen molar-refractivity contribution in [2.75, 3.05) is 56.6 Å². The standard InChI is InChI=1S/C34H41FN4O2/c1-41-30-10-6-9-28(23-30)36-34(40)14-13-27-24-39(29-21-25-7-2-3-8-26(25)22-29)16-15-32(27)37-17-19-38(20-18-37)33-12-5-4-11-31(33)35/h2-12,23,27,29,32H,13-22,24H2,1H3,(H,36,40)/t27-,32+/m0/s1. The molecule has 6 nitrogen and oxygen atoms in total. The van der Waals surface area contributed by atoms with Gasteiger partial charge in [-0.05, 0) is 73.5 Å². The zero-order chi connectivity index (χ0) is 28.2. The van der Waals surface area contributed by atoms with E-state index in [0.29, 0.717) is 30.1 Å². The molecule has 2 heterocycles. The van der Waals surface area contributed by atoms with Gasteiger partial charge in [0.15, 0.2) is 0 Å². The van der Waals surface area contributed by atoms with Gasteiger partial charge < -0.3 is 15.0 Å². The molecule has 216 valence electrons. The highest BCUT2D eigenvalue weighted by molar-refractivity contribution is 5.90. The predicted octanol–water partition coefficient (Wildman–Crippen LogP) is 5.23. The van der Waals surface area contributed by atoms with Crippen molar-refractivity contribution in [1.82, 2.24) is 9.80 Å². The van der Waals surface area contributed by atoms with Crippen LogP contribution in [0, 0.1) is 11.7 Å². The molecule has 41 heavy (non-hydrogen) atoms. The minimum atomic E-state index is -0.147. The molecule has 1 N–H and O–H groups in total. The van der Waals surface area contributed by atoms with E-state index in [0.717, 1.165) is 76.4 Å². The first-order valence-corrected chi connectivity index (χ1v) is 15.1. The third-order valence-corrected chi connectivity index (χ3v) is 9.34. The Morgan fingerprint density at radius 2 is 1.63 bits per heavy atom. The van der Waals surface area contributed by atoms with E-state index in [2.05, 4.69) is 44.3 Å². The van der Waals surface area contributed by atoms with Gasteiger partial charge in [0.25, 0.3) is 0 Å². The Hall–Kier alpha value is -3.42. The lowest BCUT2D eigenvalue weighted by Crippen LogP contribution is -2.58. The van der Waals surface area contributed by atoms with Gasteiger partial charge in [-0.25, -0.2) is 4.39 Å². The van der Waals surface area contributed by atoms with Crippen LogP contribution < -0.4 is 15.0 Å². The second-order valence-electron chi connectivity index (χ2n) is 11.7. The van der Waals surface area contributed by atoms with Gasteiger partial charge in [-0.15, -0.1) is 0 Å². The number of methoxy groups -OCH3 is 1. The average molecular weight is 557 g/mol. The van der Waals surface area contributed by atoms with E-state index in [1.165, 1.54) is 11.1 Å². The lowest BCUT2D eigenvalue weighted by atomic mass is 9.85. The van der Waals surface area contributed by atoms with Crippen LogP contribution in [0.4, 0.5) is 15.8 Å². The van der Waals surface area contributed by atoms with E-state index in [9.17, 15) is 9.18 Å². The Bertz CT molecular complexity index is 1320. The van der Waals surface area contributed by atoms with Crippen molar-refractivity contribution in [3.8, 4) is 5.75 Å². The smallest absolute Gasteiger partial charge is 0.224 e. The number of nitrogens with one attached hydrogen (secondary N) is 1. The summed E-state index contributed by atoms with van der Waals surface area (Å²) < 4.78 is 19.8. The SMILES string of the molecule is COc1cccc(NC(=O)CC[C@H]2CN(C3Cc4ccccc4C3)CC[C@H]2N2CCN(c3ccccc3F)CC2)c1. The second-order valence-corrected chi connectivity index (χ2v) is 11.7. The molecule has 1 aliphatic carbocycles. The van der Waals surface area contributed by atoms with E-state index in [4.69, 9.17) is 4.74 Å². The van der Waals surface area contributed by atoms with E-state index < -0.39 is 0 Å². The van der Waals surface area contributed by atoms with Crippen LogP contribution in [0.1, 0.15) is 30.4 Å². The molecular weight excluding hydrogens is 515 g/mol. The highest BCUT2D eigenvalue weighted by Crippen LogP contribution is 2.33. The first kappa shape index (κ1) is 27.7. The largest absolute Gasteiger partial charge is 0.497 e. The normalized spacial score (nSPS) is 22.0. The van der Waals surface area contributed by atoms with Crippen molar-refractivity contribution in [3.63, 3.8) is 0 Å². The molecule has 0 spiro atoms. The summed E-state index contributed by atoms with van der Waals surface area (Å²) in [5.41, 5.74) is 4.44. The van der Waals surface area contributed by atoms with Crippen LogP contribution in [0.3, 0.4) is 0 Å². The van der Waals surface area contributed by atoms with Crippen LogP contribution in [0.5, 0.6) is 5.75 Å². The number of piperazine rings is 1. The number of halogens is 1. The summed E-state index contributed by atoms with van der Waals surface area (Å²) in [4.78, 5) is 20.5. The average Bonchev–Trinajstić information content (AvgIpc) is 3.45. The number of hydrogen-bond donors (Lipinski definition) is 1. The highest BCUT2D eigenvalue weighted by atomic mass is 19.1. The number of fused-ring (bicyclic) bond motifs is 1. The van der Waals surface area contributed by atoms with Crippen LogP contribution in [-0.4, -0.2) is 74.2 Å². The molecule has 3 aromatic rings. The number of rotatable bonds is 8. The van der Waals surface area contributed by atoms with Crippen LogP contribution in [0.2, 0.25) is 0 Å². The molecule has 0 radical (unpaired) electrons. The Labute approximate surface area is 243 Å². The predicted molar refractivity (Wildman–Crippen MR) is 162 cm³/mol. The number of likely N-dealkylation sites (tertiary alicyclic amines) is 1. The Kier molecular flexibility index (Phi) is 8.54. The van der Waals surface area contributed by atoms with Gasteiger partial charge >= 0.3 is 0 Å². The minimum absolute atomic E-state index is 0.0479. The van der Waals surface area contributed by atoms with Gasteiger partial charge in [-0.2, -0.15) is 0 Å². The minimum Gasteiger partial charge on any atom is -0.497 e. The monoisotopic (exact) mass is 556 g/mol. The molecule has 2 atom stereocenters. The number of anilines is 2. The summed E-state index contributed by atoms with van der Waals surface area (Å²) in [5.74, 6) is 1.04. The Balaban J connectivity index is 1.11. The number of carbonyl (C=O) groups is 1. The molecule has 7 heteroatoms. The molecular formula is C34H41FN4O2. The number of carbonyl (C=O) groups excluding carboxylic acids is 1. The van der Waals surface area contributed by atoms with Crippen molar-refractivity contribution in [3.05, 3.63) is 89.7 Å². The van der Waals surface area contributed by atoms with Crippen LogP contribution in [0.15, 0.2) is 72.8 Å². The second kappa shape index (κ2) is 12.6. The van der Waals surface area contributed by atoms with Crippen LogP contribution in [-0.2, 0) is 17.6 Å². The molecule has 0 bridgehead atoms. The molecule has 1 amide bonds. The van der Waals surface area contributed by atoms with Crippen molar-refractivity contribution in [2.45, 2.75) is 44.2 Å². The number of ether oxygens (including phenoxy) is 1. The molecule has 0 saturated carbocycles. The van der Waals surface area contributed by atoms with Gasteiger partial charge in [0.05, 0.1) is 12.8 Å². The Morgan fingerprint density at radius 1 is 0.902 bits per heavy atom. The molecule has 0 unspecified atom stereocenters. The quantitative estimate of drug-likeness (QED) is 0.412. The van der Waals surface area contributed by atoms with Gasteiger partial charge in [-0.1, -0.05) is 42.5 Å². The van der Waals surface area contributed by atoms with Crippen molar-refractivity contribution < 1.29 is 13.9 Å². The van der Waals surface area contributed by atoms with Gasteiger partial charge in [0, 0.05) is 63.0 Å². The molecule has 3 aliphatic rings. The number of amides is 1. The summed E-state index contributed by atoms with van der Waals surface area (Å²) >= 11 is 0. The summed E-state index contributed by atoms with van der Waals surface area (Å²) in [6, 6.07) is 24.4. The molecule has 2 saturated heterocycles. The van der Waals surface area contributed by atoms with E-state index >= 15 is 0 Å². The molecule has 2 aliphatic heterocycles. The highest BCUT2D eigenvalue weighted by Gasteiger charge is 2.38. The van der Waals surface area contributed by atoms with Crippen LogP contribution in [0.25, 0.3) is 0 Å². The van der Waals surface area contributed by atoms with Crippen molar-refractivity contribution >= 4 is 17.3 Å². The van der Waals surface area contributed by atoms with Gasteiger partial charge in [0.2, 0.25) is 5.91 Å². The molecule has 0 aromatic heterocycles. The van der Waals surface area contributed by atoms with Crippen molar-refractivity contribution in [1.29, 1.82) is 0 Å². The summed E-state index contributed by atoms with van der Waals surface area (Å²) in [7, 11) is 1.63. The van der Waals surface area contributed by atoms with Gasteiger partial charge in [0.1, 0.15) is 11.6 Å². The molecule has 2 fully saturated rings. The maximum Gasteiger partial charge on any atom is 0.224 e. The fraction of sp³-hybridized carbons (Fsp3) is 0.441. The third-order valence-electron chi connectivity index (χ3n) is 9.34. The van der Waals surface area contributed by atoms with E-state index in [-0.39, 0.29) is 11.7 Å². The maximum absolute atomic E-state index is 14.4. The lowest BCUT2D eigenvalue weighted by molar-refractivity contribution is -0.116. The fourth-order valence-electron chi connectivity index (χ4n) is 7.18. The maximum atomic E-state index is 14.4. The third kappa shape index (κ3) is 6.41. The Morgan fingerprint density at radius 3 is 2.37 bits per heavy atom. The number of benzene rings is 3. The first-order valence-electron chi connectivity index (χ1n) is 15.1. The summed E-state index contributed by atoms with van der Waals surface area (Å²) in [6.07, 6.45) is 4.68. The zero-order valence-electron chi connectivity index (χ0n) is 24.0. The number of nitrogens with zero attached hydrogens (tertiary/aromatic N) is 3. The number of hydrogen-bond acceptors (Lipinski definition) is 5. The number of piperidine rings is 1. The fourth-order valence-corrected chi connectivity index (χ4v) is 7.18. The molecule has 3 aromatic carbocycles. The summed E-state index contributed by atoms with van der Waals surface area (Å²) in [5, 5.41) is 3.07. The van der Waals surface area contributed by atoms with Crippen LogP contribution >= 0.6 is 0 Å². The number of para-hydroxylation sites is 1. The zero-order valence-corrected chi connectivity index (χ0v) is 24.0. The topological polar surface area (TPSA) is 48.1 Å². The first-order chi connectivity index (χ1) is 20.1. The summed E-state index contributed by atoms with van der Waals surface area (Å²) in [6.45, 7) is 5.58. The lowest BCUT2D eigenvalue weighted by Gasteiger charge is -2.48. The molecule has 6 rings (SSSR count). The van der Waals surface area contributed by atoms with E-state index in [1.54, 1.807) is 19.2 Å².